The molecule has 0 N–H and O–H groups in total. The van der Waals surface area contributed by atoms with Crippen LogP contribution in [0.25, 0.3) is 16.7 Å². The Kier molecular flexibility index (Phi) is 4.30. The molecule has 0 aliphatic heterocycles. The van der Waals surface area contributed by atoms with Crippen LogP contribution in [0.15, 0.2) is 47.3 Å². The van der Waals surface area contributed by atoms with Crippen molar-refractivity contribution >= 4 is 39.9 Å². The summed E-state index contributed by atoms with van der Waals surface area (Å²) in [6.45, 7) is 2.49. The van der Waals surface area contributed by atoms with Gasteiger partial charge in [-0.3, -0.25) is 13.8 Å². The van der Waals surface area contributed by atoms with Gasteiger partial charge in [-0.1, -0.05) is 41.4 Å². The number of rotatable bonds is 4. The summed E-state index contributed by atoms with van der Waals surface area (Å²) in [7, 11) is 0. The fourth-order valence-electron chi connectivity index (χ4n) is 2.95. The van der Waals surface area contributed by atoms with Gasteiger partial charge in [0, 0.05) is 6.54 Å². The van der Waals surface area contributed by atoms with Crippen molar-refractivity contribution in [1.29, 1.82) is 0 Å². The molecule has 0 spiro atoms. The van der Waals surface area contributed by atoms with Gasteiger partial charge in [0.2, 0.25) is 5.78 Å². The fraction of sp³-hybridized carbons (Fsp3) is 0.167. The van der Waals surface area contributed by atoms with E-state index in [1.807, 2.05) is 29.5 Å². The summed E-state index contributed by atoms with van der Waals surface area (Å²) in [5, 5.41) is 9.83. The molecule has 0 aliphatic carbocycles. The zero-order valence-electron chi connectivity index (χ0n) is 13.8. The van der Waals surface area contributed by atoms with Crippen LogP contribution in [0, 0.1) is 0 Å². The molecule has 4 aromatic rings. The number of ether oxygens (including phenoxy) is 1. The van der Waals surface area contributed by atoms with Crippen molar-refractivity contribution in [2.75, 3.05) is 0 Å². The zero-order chi connectivity index (χ0) is 18.3. The van der Waals surface area contributed by atoms with Crippen LogP contribution >= 0.6 is 23.2 Å². The number of para-hydroxylation sites is 2. The maximum Gasteiger partial charge on any atom is 0.262 e. The summed E-state index contributed by atoms with van der Waals surface area (Å²) in [6.07, 6.45) is 0. The quantitative estimate of drug-likeness (QED) is 0.530. The second-order valence-corrected chi connectivity index (χ2v) is 6.47. The third-order valence-corrected chi connectivity index (χ3v) is 4.75. The predicted octanol–water partition coefficient (Wildman–Crippen LogP) is 3.95. The van der Waals surface area contributed by atoms with E-state index < -0.39 is 0 Å². The molecule has 2 heterocycles. The molecule has 0 unspecified atom stereocenters. The highest BCUT2D eigenvalue weighted by Crippen LogP contribution is 2.32. The lowest BCUT2D eigenvalue weighted by Gasteiger charge is -2.11. The molecule has 8 heteroatoms. The summed E-state index contributed by atoms with van der Waals surface area (Å²) in [6, 6.07) is 12.5. The maximum atomic E-state index is 12.7. The van der Waals surface area contributed by atoms with Gasteiger partial charge in [-0.25, -0.2) is 0 Å². The van der Waals surface area contributed by atoms with E-state index in [-0.39, 0.29) is 12.2 Å². The Hall–Kier alpha value is -2.57. The molecule has 0 saturated heterocycles. The Morgan fingerprint density at radius 3 is 2.50 bits per heavy atom. The summed E-state index contributed by atoms with van der Waals surface area (Å²) >= 11 is 12.3. The molecule has 0 aliphatic rings. The topological polar surface area (TPSA) is 61.4 Å². The van der Waals surface area contributed by atoms with Gasteiger partial charge in [0.05, 0.1) is 20.9 Å². The van der Waals surface area contributed by atoms with Crippen molar-refractivity contribution in [2.24, 2.45) is 0 Å². The van der Waals surface area contributed by atoms with Crippen molar-refractivity contribution in [3.63, 3.8) is 0 Å². The number of nitrogens with zero attached hydrogens (tertiary/aromatic N) is 4. The minimum Gasteiger partial charge on any atom is -0.482 e. The SMILES string of the molecule is CCn1c(=O)c2ccccc2n2c(COc3c(Cl)cccc3Cl)nnc12. The number of aromatic nitrogens is 4. The van der Waals surface area contributed by atoms with Gasteiger partial charge in [-0.2, -0.15) is 0 Å². The molecule has 132 valence electrons. The van der Waals surface area contributed by atoms with Crippen molar-refractivity contribution in [3.05, 3.63) is 68.7 Å². The second kappa shape index (κ2) is 6.63. The van der Waals surface area contributed by atoms with E-state index in [0.717, 1.165) is 5.52 Å². The van der Waals surface area contributed by atoms with Crippen LogP contribution in [0.5, 0.6) is 5.75 Å². The third-order valence-electron chi connectivity index (χ3n) is 4.16. The van der Waals surface area contributed by atoms with E-state index >= 15 is 0 Å². The lowest BCUT2D eigenvalue weighted by molar-refractivity contribution is 0.295. The molecule has 2 aromatic heterocycles. The number of aryl methyl sites for hydroxylation is 1. The van der Waals surface area contributed by atoms with Gasteiger partial charge in [0.25, 0.3) is 5.56 Å². The van der Waals surface area contributed by atoms with Crippen molar-refractivity contribution < 1.29 is 4.74 Å². The first-order valence-corrected chi connectivity index (χ1v) is 8.79. The number of hydrogen-bond donors (Lipinski definition) is 0. The van der Waals surface area contributed by atoms with E-state index in [1.54, 1.807) is 28.8 Å². The van der Waals surface area contributed by atoms with Gasteiger partial charge in [-0.15, -0.1) is 10.2 Å². The fourth-order valence-corrected chi connectivity index (χ4v) is 3.46. The first kappa shape index (κ1) is 16.9. The van der Waals surface area contributed by atoms with Crippen molar-refractivity contribution in [2.45, 2.75) is 20.1 Å². The lowest BCUT2D eigenvalue weighted by Crippen LogP contribution is -2.22. The van der Waals surface area contributed by atoms with E-state index in [4.69, 9.17) is 27.9 Å². The monoisotopic (exact) mass is 388 g/mol. The van der Waals surface area contributed by atoms with E-state index in [2.05, 4.69) is 10.2 Å². The standard InChI is InChI=1S/C18H14Cl2N4O2/c1-2-23-17(25)11-6-3-4-9-14(11)24-15(21-22-18(23)24)10-26-16-12(19)7-5-8-13(16)20/h3-9H,2,10H2,1H3. The van der Waals surface area contributed by atoms with Crippen LogP contribution in [0.4, 0.5) is 0 Å². The highest BCUT2D eigenvalue weighted by atomic mass is 35.5. The number of halogens is 2. The summed E-state index contributed by atoms with van der Waals surface area (Å²) in [5.41, 5.74) is 0.635. The first-order valence-electron chi connectivity index (χ1n) is 8.04. The highest BCUT2D eigenvalue weighted by Gasteiger charge is 2.16. The molecule has 6 nitrogen and oxygen atoms in total. The predicted molar refractivity (Wildman–Crippen MR) is 101 cm³/mol. The van der Waals surface area contributed by atoms with E-state index in [1.165, 1.54) is 0 Å². The number of fused-ring (bicyclic) bond motifs is 3. The van der Waals surface area contributed by atoms with Crippen LogP contribution in [0.3, 0.4) is 0 Å². The zero-order valence-corrected chi connectivity index (χ0v) is 15.3. The molecule has 0 amide bonds. The van der Waals surface area contributed by atoms with Crippen LogP contribution < -0.4 is 10.3 Å². The van der Waals surface area contributed by atoms with Crippen LogP contribution in [0.2, 0.25) is 10.0 Å². The lowest BCUT2D eigenvalue weighted by atomic mass is 10.2. The minimum absolute atomic E-state index is 0.0929. The molecular formula is C18H14Cl2N4O2. The second-order valence-electron chi connectivity index (χ2n) is 5.66. The van der Waals surface area contributed by atoms with E-state index in [0.29, 0.717) is 39.3 Å². The van der Waals surface area contributed by atoms with Gasteiger partial charge in [-0.05, 0) is 31.2 Å². The maximum absolute atomic E-state index is 12.7. The molecule has 0 saturated carbocycles. The average Bonchev–Trinajstić information content (AvgIpc) is 3.06. The molecule has 0 bridgehead atoms. The molecule has 26 heavy (non-hydrogen) atoms. The first-order chi connectivity index (χ1) is 12.6. The van der Waals surface area contributed by atoms with Gasteiger partial charge < -0.3 is 4.74 Å². The normalized spacial score (nSPS) is 11.3. The molecule has 2 aromatic carbocycles. The van der Waals surface area contributed by atoms with Gasteiger partial charge >= 0.3 is 0 Å². The smallest absolute Gasteiger partial charge is 0.262 e. The molecule has 0 radical (unpaired) electrons. The molecule has 4 rings (SSSR count). The Bertz CT molecular complexity index is 1160. The average molecular weight is 389 g/mol. The Morgan fingerprint density at radius 1 is 1.04 bits per heavy atom. The molecular weight excluding hydrogens is 375 g/mol. The van der Waals surface area contributed by atoms with Crippen molar-refractivity contribution in [3.8, 4) is 5.75 Å². The Morgan fingerprint density at radius 2 is 1.77 bits per heavy atom. The van der Waals surface area contributed by atoms with Crippen LogP contribution in [-0.2, 0) is 13.2 Å². The molecule has 0 fully saturated rings. The third kappa shape index (κ3) is 2.62. The van der Waals surface area contributed by atoms with Gasteiger partial charge in [0.15, 0.2) is 11.6 Å². The highest BCUT2D eigenvalue weighted by molar-refractivity contribution is 6.37. The molecule has 0 atom stereocenters. The van der Waals surface area contributed by atoms with E-state index in [9.17, 15) is 4.79 Å². The van der Waals surface area contributed by atoms with Crippen molar-refractivity contribution in [1.82, 2.24) is 19.2 Å². The number of hydrogen-bond acceptors (Lipinski definition) is 4. The Labute approximate surface area is 158 Å². The van der Waals surface area contributed by atoms with Crippen LogP contribution in [0.1, 0.15) is 12.7 Å². The number of benzene rings is 2. The summed E-state index contributed by atoms with van der Waals surface area (Å²) in [5.74, 6) is 1.41. The summed E-state index contributed by atoms with van der Waals surface area (Å²) < 4.78 is 9.21. The minimum atomic E-state index is -0.0929. The van der Waals surface area contributed by atoms with Gasteiger partial charge in [0.1, 0.15) is 6.61 Å². The van der Waals surface area contributed by atoms with Crippen LogP contribution in [-0.4, -0.2) is 19.2 Å². The summed E-state index contributed by atoms with van der Waals surface area (Å²) in [4.78, 5) is 12.7. The largest absolute Gasteiger partial charge is 0.482 e. The Balaban J connectivity index is 1.87.